The van der Waals surface area contributed by atoms with E-state index in [4.69, 9.17) is 0 Å². The predicted molar refractivity (Wildman–Crippen MR) is 56.7 cm³/mol. The summed E-state index contributed by atoms with van der Waals surface area (Å²) in [6.07, 6.45) is 1.60. The molecule has 6 heteroatoms. The zero-order valence-corrected chi connectivity index (χ0v) is 9.19. The normalized spacial score (nSPS) is 10.9. The van der Waals surface area contributed by atoms with E-state index >= 15 is 0 Å². The number of aryl methyl sites for hydroxylation is 1. The Hall–Kier alpha value is -1.14. The molecule has 0 aromatic carbocycles. The molecule has 76 valence electrons. The van der Waals surface area contributed by atoms with Gasteiger partial charge < -0.3 is 4.18 Å². The van der Waals surface area contributed by atoms with Gasteiger partial charge in [0.15, 0.2) is 0 Å². The highest BCUT2D eigenvalue weighted by molar-refractivity contribution is 7.90. The zero-order valence-electron chi connectivity index (χ0n) is 7.56. The first-order valence-electron chi connectivity index (χ1n) is 3.65. The van der Waals surface area contributed by atoms with Crippen LogP contribution in [-0.2, 0) is 10.1 Å². The van der Waals surface area contributed by atoms with Crippen molar-refractivity contribution in [2.24, 2.45) is 0 Å². The molecule has 0 unspecified atom stereocenters. The van der Waals surface area contributed by atoms with Crippen molar-refractivity contribution in [3.63, 3.8) is 0 Å². The second-order valence-corrected chi connectivity index (χ2v) is 4.86. The summed E-state index contributed by atoms with van der Waals surface area (Å²) < 4.78 is 26.6. The van der Waals surface area contributed by atoms with Crippen molar-refractivity contribution in [1.82, 2.24) is 4.98 Å². The molecule has 0 N–H and O–H groups in total. The van der Waals surface area contributed by atoms with Gasteiger partial charge in [-0.3, -0.25) is 0 Å². The van der Waals surface area contributed by atoms with Crippen LogP contribution in [0.2, 0.25) is 0 Å². The van der Waals surface area contributed by atoms with Crippen LogP contribution in [-0.4, -0.2) is 13.4 Å². The lowest BCUT2D eigenvalue weighted by molar-refractivity contribution is 0.494. The third kappa shape index (κ3) is 2.43. The van der Waals surface area contributed by atoms with Gasteiger partial charge in [0, 0.05) is 0 Å². The molecule has 4 nitrogen and oxygen atoms in total. The molecular weight excluding hydrogens is 222 g/mol. The first kappa shape index (κ1) is 10.9. The Kier molecular flexibility index (Phi) is 3.07. The smallest absolute Gasteiger partial charge is 0.333 e. The van der Waals surface area contributed by atoms with Gasteiger partial charge in [-0.05, 0) is 6.92 Å². The van der Waals surface area contributed by atoms with Gasteiger partial charge in [-0.1, -0.05) is 30.6 Å². The molecule has 0 saturated heterocycles. The average molecular weight is 231 g/mol. The Morgan fingerprint density at radius 2 is 2.14 bits per heavy atom. The van der Waals surface area contributed by atoms with E-state index in [0.29, 0.717) is 5.69 Å². The van der Waals surface area contributed by atoms with Crippen molar-refractivity contribution in [2.45, 2.75) is 6.92 Å². The summed E-state index contributed by atoms with van der Waals surface area (Å²) in [6.45, 7) is 8.44. The lowest BCUT2D eigenvalue weighted by Gasteiger charge is -1.95. The van der Waals surface area contributed by atoms with Crippen LogP contribution in [0.3, 0.4) is 0 Å². The van der Waals surface area contributed by atoms with Gasteiger partial charge in [0.2, 0.25) is 0 Å². The quantitative estimate of drug-likeness (QED) is 0.743. The number of rotatable bonds is 4. The predicted octanol–water partition coefficient (Wildman–Crippen LogP) is 1.95. The van der Waals surface area contributed by atoms with E-state index in [1.54, 1.807) is 13.0 Å². The van der Waals surface area contributed by atoms with Crippen LogP contribution in [0.25, 0.3) is 6.08 Å². The van der Waals surface area contributed by atoms with Crippen LogP contribution in [0, 0.1) is 6.92 Å². The highest BCUT2D eigenvalue weighted by atomic mass is 32.2. The van der Waals surface area contributed by atoms with Gasteiger partial charge in [-0.2, -0.15) is 8.42 Å². The van der Waals surface area contributed by atoms with Crippen LogP contribution < -0.4 is 4.18 Å². The molecule has 0 fully saturated rings. The fourth-order valence-electron chi connectivity index (χ4n) is 0.741. The number of thiazole rings is 1. The van der Waals surface area contributed by atoms with Crippen molar-refractivity contribution >= 4 is 27.5 Å². The minimum Gasteiger partial charge on any atom is -0.348 e. The van der Waals surface area contributed by atoms with Gasteiger partial charge >= 0.3 is 10.1 Å². The van der Waals surface area contributed by atoms with E-state index < -0.39 is 10.1 Å². The lowest BCUT2D eigenvalue weighted by atomic mass is 10.4. The molecule has 14 heavy (non-hydrogen) atoms. The second kappa shape index (κ2) is 3.93. The standard InChI is InChI=1S/C8H9NO3S2/c1-4-7-6(3)9-8(13-7)12-14(10,11)5-2/h4-5H,1-2H2,3H3. The molecule has 0 saturated carbocycles. The van der Waals surface area contributed by atoms with Gasteiger partial charge in [-0.15, -0.1) is 0 Å². The summed E-state index contributed by atoms with van der Waals surface area (Å²) in [5, 5.41) is 0.814. The summed E-state index contributed by atoms with van der Waals surface area (Å²) in [4.78, 5) is 4.70. The molecule has 0 aliphatic rings. The Morgan fingerprint density at radius 3 is 2.57 bits per heavy atom. The zero-order chi connectivity index (χ0) is 10.8. The molecule has 0 amide bonds. The van der Waals surface area contributed by atoms with E-state index in [0.717, 1.165) is 21.6 Å². The molecular formula is C8H9NO3S2. The summed E-state index contributed by atoms with van der Waals surface area (Å²) >= 11 is 1.12. The van der Waals surface area contributed by atoms with Gasteiger partial charge in [0.25, 0.3) is 5.19 Å². The Morgan fingerprint density at radius 1 is 1.50 bits per heavy atom. The number of aromatic nitrogens is 1. The second-order valence-electron chi connectivity index (χ2n) is 2.38. The Labute approximate surface area is 86.7 Å². The molecule has 0 atom stereocenters. The van der Waals surface area contributed by atoms with E-state index in [2.05, 4.69) is 22.3 Å². The van der Waals surface area contributed by atoms with Crippen LogP contribution in [0.15, 0.2) is 18.6 Å². The molecule has 1 aromatic heterocycles. The highest BCUT2D eigenvalue weighted by Crippen LogP contribution is 2.26. The van der Waals surface area contributed by atoms with Crippen molar-refractivity contribution in [3.05, 3.63) is 29.1 Å². The van der Waals surface area contributed by atoms with Gasteiger partial charge in [0.1, 0.15) is 0 Å². The first-order chi connectivity index (χ1) is 6.48. The maximum atomic E-state index is 11.0. The van der Waals surface area contributed by atoms with Crippen molar-refractivity contribution < 1.29 is 12.6 Å². The third-order valence-corrected chi connectivity index (χ3v) is 3.32. The van der Waals surface area contributed by atoms with Crippen LogP contribution >= 0.6 is 11.3 Å². The minimum atomic E-state index is -3.71. The summed E-state index contributed by atoms with van der Waals surface area (Å²) in [7, 11) is -3.71. The molecule has 0 spiro atoms. The molecule has 0 bridgehead atoms. The van der Waals surface area contributed by atoms with Crippen molar-refractivity contribution in [3.8, 4) is 5.19 Å². The number of nitrogens with zero attached hydrogens (tertiary/aromatic N) is 1. The number of hydrogen-bond donors (Lipinski definition) is 0. The minimum absolute atomic E-state index is 0.0808. The Bertz CT molecular complexity index is 459. The molecule has 1 heterocycles. The van der Waals surface area contributed by atoms with E-state index in [1.165, 1.54) is 0 Å². The van der Waals surface area contributed by atoms with Gasteiger partial charge in [0.05, 0.1) is 16.0 Å². The monoisotopic (exact) mass is 231 g/mol. The molecule has 1 aromatic rings. The fourth-order valence-corrected chi connectivity index (χ4v) is 2.11. The van der Waals surface area contributed by atoms with Crippen LogP contribution in [0.4, 0.5) is 0 Å². The SMILES string of the molecule is C=Cc1sc(OS(=O)(=O)C=C)nc1C. The molecule has 0 aliphatic heterocycles. The first-order valence-corrected chi connectivity index (χ1v) is 5.94. The van der Waals surface area contributed by atoms with E-state index in [-0.39, 0.29) is 5.19 Å². The van der Waals surface area contributed by atoms with Crippen molar-refractivity contribution in [2.75, 3.05) is 0 Å². The topological polar surface area (TPSA) is 56.3 Å². The van der Waals surface area contributed by atoms with Crippen molar-refractivity contribution in [1.29, 1.82) is 0 Å². The third-order valence-electron chi connectivity index (χ3n) is 1.39. The van der Waals surface area contributed by atoms with Crippen LogP contribution in [0.1, 0.15) is 10.6 Å². The Balaban J connectivity index is 2.99. The largest absolute Gasteiger partial charge is 0.348 e. The highest BCUT2D eigenvalue weighted by Gasteiger charge is 2.12. The number of hydrogen-bond acceptors (Lipinski definition) is 5. The molecule has 1 rings (SSSR count). The van der Waals surface area contributed by atoms with E-state index in [9.17, 15) is 8.42 Å². The molecule has 0 aliphatic carbocycles. The maximum Gasteiger partial charge on any atom is 0.333 e. The van der Waals surface area contributed by atoms with E-state index in [1.807, 2.05) is 0 Å². The fraction of sp³-hybridized carbons (Fsp3) is 0.125. The average Bonchev–Trinajstić information content (AvgIpc) is 2.45. The summed E-state index contributed by atoms with van der Waals surface area (Å²) in [5.74, 6) is 0. The molecule has 0 radical (unpaired) electrons. The van der Waals surface area contributed by atoms with Gasteiger partial charge in [-0.25, -0.2) is 4.98 Å². The summed E-state index contributed by atoms with van der Waals surface area (Å²) in [6, 6.07) is 0. The maximum absolute atomic E-state index is 11.0. The summed E-state index contributed by atoms with van der Waals surface area (Å²) in [5.41, 5.74) is 0.694. The van der Waals surface area contributed by atoms with Crippen LogP contribution in [0.5, 0.6) is 5.19 Å². The lowest BCUT2D eigenvalue weighted by Crippen LogP contribution is -2.03.